The number of nitrogens with zero attached hydrogens (tertiary/aromatic N) is 1. The first kappa shape index (κ1) is 15.2. The number of nitrogens with one attached hydrogen (secondary N) is 1. The molecule has 0 aliphatic carbocycles. The molecule has 1 saturated heterocycles. The molecule has 112 valence electrons. The van der Waals surface area contributed by atoms with Crippen molar-refractivity contribution >= 4 is 11.8 Å². The molecule has 0 radical (unpaired) electrons. The second-order valence-electron chi connectivity index (χ2n) is 5.15. The Kier molecular flexibility index (Phi) is 4.73. The number of carbonyl (C=O) groups excluding carboxylic acids is 2. The van der Waals surface area contributed by atoms with Gasteiger partial charge in [-0.1, -0.05) is 24.3 Å². The molecule has 1 N–H and O–H groups in total. The maximum absolute atomic E-state index is 14.1. The summed E-state index contributed by atoms with van der Waals surface area (Å²) in [5, 5.41) is 2.74. The highest BCUT2D eigenvalue weighted by Gasteiger charge is 2.39. The Hall–Kier alpha value is -2.17. The van der Waals surface area contributed by atoms with Crippen LogP contribution in [0.3, 0.4) is 0 Å². The van der Waals surface area contributed by atoms with Crippen molar-refractivity contribution in [2.45, 2.75) is 18.9 Å². The predicted octanol–water partition coefficient (Wildman–Crippen LogP) is 2.04. The highest BCUT2D eigenvalue weighted by atomic mass is 19.1. The zero-order valence-corrected chi connectivity index (χ0v) is 12.0. The Morgan fingerprint density at radius 1 is 1.52 bits per heavy atom. The molecule has 0 aromatic heterocycles. The van der Waals surface area contributed by atoms with E-state index in [1.165, 1.54) is 11.0 Å². The van der Waals surface area contributed by atoms with E-state index in [9.17, 15) is 14.0 Å². The normalized spacial score (nSPS) is 22.0. The van der Waals surface area contributed by atoms with Crippen molar-refractivity contribution < 1.29 is 14.0 Å². The minimum absolute atomic E-state index is 0.0731. The molecule has 0 bridgehead atoms. The number of carbonyl (C=O) groups is 2. The number of halogens is 1. The number of amides is 2. The smallest absolute Gasteiger partial charge is 0.225 e. The molecule has 1 aromatic rings. The summed E-state index contributed by atoms with van der Waals surface area (Å²) in [6.45, 7) is 3.91. The molecule has 1 aromatic carbocycles. The van der Waals surface area contributed by atoms with Crippen LogP contribution in [0.5, 0.6) is 0 Å². The molecule has 0 unspecified atom stereocenters. The van der Waals surface area contributed by atoms with E-state index in [4.69, 9.17) is 0 Å². The van der Waals surface area contributed by atoms with Crippen molar-refractivity contribution in [2.75, 3.05) is 13.6 Å². The number of piperidine rings is 1. The quantitative estimate of drug-likeness (QED) is 0.863. The Labute approximate surface area is 123 Å². The van der Waals surface area contributed by atoms with Gasteiger partial charge in [-0.2, -0.15) is 0 Å². The molecular formula is C16H19FN2O2. The number of hydrogen-bond donors (Lipinski definition) is 1. The molecule has 1 heterocycles. The highest BCUT2D eigenvalue weighted by Crippen LogP contribution is 2.36. The van der Waals surface area contributed by atoms with Gasteiger partial charge in [-0.15, -0.1) is 6.58 Å². The lowest BCUT2D eigenvalue weighted by atomic mass is 9.83. The maximum Gasteiger partial charge on any atom is 0.225 e. The summed E-state index contributed by atoms with van der Waals surface area (Å²) >= 11 is 0. The van der Waals surface area contributed by atoms with Crippen LogP contribution in [0, 0.1) is 11.7 Å². The molecule has 0 saturated carbocycles. The van der Waals surface area contributed by atoms with Crippen molar-refractivity contribution in [3.63, 3.8) is 0 Å². The molecule has 2 rings (SSSR count). The number of rotatable bonds is 4. The van der Waals surface area contributed by atoms with Gasteiger partial charge in [0.25, 0.3) is 0 Å². The molecule has 1 aliphatic heterocycles. The first-order valence-corrected chi connectivity index (χ1v) is 6.95. The molecule has 4 nitrogen and oxygen atoms in total. The van der Waals surface area contributed by atoms with E-state index < -0.39 is 17.8 Å². The Balaban J connectivity index is 2.34. The van der Waals surface area contributed by atoms with Gasteiger partial charge in [0.05, 0.1) is 12.0 Å². The van der Waals surface area contributed by atoms with Crippen molar-refractivity contribution in [3.8, 4) is 0 Å². The van der Waals surface area contributed by atoms with Gasteiger partial charge in [-0.3, -0.25) is 9.59 Å². The van der Waals surface area contributed by atoms with Crippen LogP contribution in [0.4, 0.5) is 4.39 Å². The lowest BCUT2D eigenvalue weighted by molar-refractivity contribution is -0.141. The van der Waals surface area contributed by atoms with Crippen LogP contribution < -0.4 is 5.32 Å². The van der Waals surface area contributed by atoms with Crippen LogP contribution >= 0.6 is 0 Å². The summed E-state index contributed by atoms with van der Waals surface area (Å²) < 4.78 is 14.1. The second kappa shape index (κ2) is 6.52. The van der Waals surface area contributed by atoms with E-state index in [1.807, 2.05) is 0 Å². The fraction of sp³-hybridized carbons (Fsp3) is 0.375. The zero-order chi connectivity index (χ0) is 15.4. The minimum atomic E-state index is -0.572. The van der Waals surface area contributed by atoms with Gasteiger partial charge in [-0.25, -0.2) is 4.39 Å². The van der Waals surface area contributed by atoms with Crippen molar-refractivity contribution in [1.29, 1.82) is 0 Å². The first-order chi connectivity index (χ1) is 10.1. The van der Waals surface area contributed by atoms with Crippen LogP contribution in [0.2, 0.25) is 0 Å². The van der Waals surface area contributed by atoms with Crippen LogP contribution in [0.15, 0.2) is 36.9 Å². The van der Waals surface area contributed by atoms with Gasteiger partial charge >= 0.3 is 0 Å². The Morgan fingerprint density at radius 3 is 2.90 bits per heavy atom. The molecule has 2 amide bonds. The molecule has 21 heavy (non-hydrogen) atoms. The van der Waals surface area contributed by atoms with Gasteiger partial charge in [0.2, 0.25) is 11.8 Å². The number of benzene rings is 1. The predicted molar refractivity (Wildman–Crippen MR) is 77.8 cm³/mol. The summed E-state index contributed by atoms with van der Waals surface area (Å²) in [6.07, 6.45) is 2.31. The number of likely N-dealkylation sites (tertiary alicyclic amines) is 1. The summed E-state index contributed by atoms with van der Waals surface area (Å²) in [5.74, 6) is -1.10. The average molecular weight is 290 g/mol. The third kappa shape index (κ3) is 3.12. The monoisotopic (exact) mass is 290 g/mol. The molecule has 2 atom stereocenters. The molecular weight excluding hydrogens is 271 g/mol. The van der Waals surface area contributed by atoms with Gasteiger partial charge < -0.3 is 10.2 Å². The largest absolute Gasteiger partial charge is 0.352 e. The van der Waals surface area contributed by atoms with E-state index in [0.717, 1.165) is 0 Å². The van der Waals surface area contributed by atoms with Gasteiger partial charge in [0.1, 0.15) is 5.82 Å². The van der Waals surface area contributed by atoms with Crippen LogP contribution in [0.25, 0.3) is 0 Å². The van der Waals surface area contributed by atoms with Gasteiger partial charge in [0.15, 0.2) is 0 Å². The molecule has 1 aliphatic rings. The van der Waals surface area contributed by atoms with Crippen molar-refractivity contribution in [2.24, 2.45) is 5.92 Å². The fourth-order valence-electron chi connectivity index (χ4n) is 2.76. The maximum atomic E-state index is 14.1. The van der Waals surface area contributed by atoms with E-state index in [-0.39, 0.29) is 11.8 Å². The van der Waals surface area contributed by atoms with Gasteiger partial charge in [0, 0.05) is 25.6 Å². The lowest BCUT2D eigenvalue weighted by Gasteiger charge is -2.38. The topological polar surface area (TPSA) is 49.4 Å². The third-order valence-electron chi connectivity index (χ3n) is 3.84. The first-order valence-electron chi connectivity index (χ1n) is 6.95. The third-order valence-corrected chi connectivity index (χ3v) is 3.84. The average Bonchev–Trinajstić information content (AvgIpc) is 2.48. The van der Waals surface area contributed by atoms with Crippen LogP contribution in [-0.4, -0.2) is 30.3 Å². The molecule has 0 spiro atoms. The van der Waals surface area contributed by atoms with Crippen molar-refractivity contribution in [1.82, 2.24) is 10.2 Å². The minimum Gasteiger partial charge on any atom is -0.352 e. The second-order valence-corrected chi connectivity index (χ2v) is 5.15. The van der Waals surface area contributed by atoms with Crippen LogP contribution in [-0.2, 0) is 9.59 Å². The summed E-state index contributed by atoms with van der Waals surface area (Å²) in [6, 6.07) is 5.71. The van der Waals surface area contributed by atoms with E-state index in [0.29, 0.717) is 24.9 Å². The zero-order valence-electron chi connectivity index (χ0n) is 12.0. The van der Waals surface area contributed by atoms with E-state index >= 15 is 0 Å². The van der Waals surface area contributed by atoms with Crippen LogP contribution in [0.1, 0.15) is 24.4 Å². The SMILES string of the molecule is C=CCNC(=O)[C@H]1CCC(=O)N(C)[C@H]1c1ccccc1F. The van der Waals surface area contributed by atoms with Gasteiger partial charge in [-0.05, 0) is 12.5 Å². The Morgan fingerprint density at radius 2 is 2.24 bits per heavy atom. The van der Waals surface area contributed by atoms with E-state index in [2.05, 4.69) is 11.9 Å². The van der Waals surface area contributed by atoms with Crippen molar-refractivity contribution in [3.05, 3.63) is 48.3 Å². The van der Waals surface area contributed by atoms with E-state index in [1.54, 1.807) is 31.3 Å². The summed E-state index contributed by atoms with van der Waals surface area (Å²) in [4.78, 5) is 25.7. The molecule has 5 heteroatoms. The lowest BCUT2D eigenvalue weighted by Crippen LogP contribution is -2.46. The summed E-state index contributed by atoms with van der Waals surface area (Å²) in [5.41, 5.74) is 0.381. The fourth-order valence-corrected chi connectivity index (χ4v) is 2.76. The Bertz CT molecular complexity index is 559. The number of hydrogen-bond acceptors (Lipinski definition) is 2. The highest BCUT2D eigenvalue weighted by molar-refractivity contribution is 5.85. The summed E-state index contributed by atoms with van der Waals surface area (Å²) in [7, 11) is 1.62. The standard InChI is InChI=1S/C16H19FN2O2/c1-3-10-18-16(21)12-8-9-14(20)19(2)15(12)11-6-4-5-7-13(11)17/h3-7,12,15H,1,8-10H2,2H3,(H,18,21)/t12-,15-/m0/s1. The molecule has 1 fully saturated rings.